The predicted molar refractivity (Wildman–Crippen MR) is 155 cm³/mol. The van der Waals surface area contributed by atoms with E-state index in [4.69, 9.17) is 4.74 Å². The first-order valence-corrected chi connectivity index (χ1v) is 14.4. The molecule has 0 spiro atoms. The van der Waals surface area contributed by atoms with Crippen LogP contribution in [0.5, 0.6) is 0 Å². The molecular formula is C34H32N2O6. The van der Waals surface area contributed by atoms with Crippen molar-refractivity contribution >= 4 is 35.2 Å². The molecule has 1 heterocycles. The summed E-state index contributed by atoms with van der Waals surface area (Å²) in [7, 11) is 0. The number of hydrogen-bond donors (Lipinski definition) is 1. The Balaban J connectivity index is 1.23. The van der Waals surface area contributed by atoms with E-state index in [9.17, 15) is 24.0 Å². The van der Waals surface area contributed by atoms with Crippen molar-refractivity contribution in [2.75, 3.05) is 11.9 Å². The molecule has 3 atom stereocenters. The predicted octanol–water partition coefficient (Wildman–Crippen LogP) is 4.82. The van der Waals surface area contributed by atoms with E-state index in [0.717, 1.165) is 33.6 Å². The number of unbranched alkanes of at least 4 members (excludes halogenated alkanes) is 1. The first-order valence-electron chi connectivity index (χ1n) is 14.4. The number of hydrogen-bond acceptors (Lipinski definition) is 6. The van der Waals surface area contributed by atoms with Gasteiger partial charge in [-0.3, -0.25) is 24.1 Å². The largest absolute Gasteiger partial charge is 0.454 e. The van der Waals surface area contributed by atoms with Gasteiger partial charge in [-0.05, 0) is 59.9 Å². The monoisotopic (exact) mass is 564 g/mol. The minimum absolute atomic E-state index is 0.0912. The number of carbonyl (C=O) groups is 5. The van der Waals surface area contributed by atoms with Crippen molar-refractivity contribution < 1.29 is 28.7 Å². The second-order valence-corrected chi connectivity index (χ2v) is 11.3. The van der Waals surface area contributed by atoms with E-state index in [1.165, 1.54) is 6.92 Å². The normalized spacial score (nSPS) is 22.2. The fourth-order valence-corrected chi connectivity index (χ4v) is 6.98. The van der Waals surface area contributed by atoms with Gasteiger partial charge in [-0.1, -0.05) is 68.3 Å². The summed E-state index contributed by atoms with van der Waals surface area (Å²) in [5.41, 5.74) is 5.21. The Labute approximate surface area is 244 Å². The minimum atomic E-state index is -1.11. The summed E-state index contributed by atoms with van der Waals surface area (Å²) < 4.78 is 5.40. The Hall–Kier alpha value is -4.59. The molecule has 0 aromatic heterocycles. The van der Waals surface area contributed by atoms with Crippen LogP contribution in [0.3, 0.4) is 0 Å². The molecule has 214 valence electrons. The average Bonchev–Trinajstić information content (AvgIpc) is 3.26. The average molecular weight is 565 g/mol. The van der Waals surface area contributed by atoms with E-state index < -0.39 is 36.4 Å². The van der Waals surface area contributed by atoms with Gasteiger partial charge in [0, 0.05) is 23.1 Å². The lowest BCUT2D eigenvalue weighted by Crippen LogP contribution is -2.47. The van der Waals surface area contributed by atoms with Crippen LogP contribution in [0.2, 0.25) is 0 Å². The van der Waals surface area contributed by atoms with E-state index >= 15 is 0 Å². The standard InChI is InChI=1S/C34H32N2O6/c1-3-4-13-26(34(41)42-18-27(38)35-21-16-14-20(15-17-21)19(2)37)36-32(39)30-28-22-9-5-6-10-23(22)29(31(30)33(36)40)25-12-8-7-11-24(25)28/h5-12,14-17,26,28-31H,3-4,13,18H2,1-2H3,(H,35,38)/t26-,28?,29?,30-,31+/m1/s1. The van der Waals surface area contributed by atoms with Gasteiger partial charge in [-0.25, -0.2) is 4.79 Å². The van der Waals surface area contributed by atoms with E-state index in [0.29, 0.717) is 17.7 Å². The maximum absolute atomic E-state index is 14.1. The van der Waals surface area contributed by atoms with Gasteiger partial charge in [-0.2, -0.15) is 0 Å². The van der Waals surface area contributed by atoms with Gasteiger partial charge < -0.3 is 10.1 Å². The van der Waals surface area contributed by atoms with Gasteiger partial charge in [0.15, 0.2) is 12.4 Å². The van der Waals surface area contributed by atoms with Crippen molar-refractivity contribution in [3.63, 3.8) is 0 Å². The van der Waals surface area contributed by atoms with Crippen LogP contribution < -0.4 is 5.32 Å². The summed E-state index contributed by atoms with van der Waals surface area (Å²) in [4.78, 5) is 66.9. The quantitative estimate of drug-likeness (QED) is 0.227. The second kappa shape index (κ2) is 11.0. The number of nitrogens with one attached hydrogen (secondary N) is 1. The highest BCUT2D eigenvalue weighted by Gasteiger charge is 2.63. The molecule has 1 saturated heterocycles. The van der Waals surface area contributed by atoms with E-state index in [1.807, 2.05) is 55.5 Å². The number of anilines is 1. The van der Waals surface area contributed by atoms with Crippen molar-refractivity contribution in [3.05, 3.63) is 101 Å². The number of rotatable bonds is 9. The van der Waals surface area contributed by atoms with Gasteiger partial charge in [-0.15, -0.1) is 0 Å². The van der Waals surface area contributed by atoms with Crippen LogP contribution in [-0.2, 0) is 23.9 Å². The molecule has 42 heavy (non-hydrogen) atoms. The Morgan fingerprint density at radius 2 is 1.31 bits per heavy atom. The lowest BCUT2D eigenvalue weighted by atomic mass is 9.55. The van der Waals surface area contributed by atoms with Crippen molar-refractivity contribution in [1.29, 1.82) is 0 Å². The molecule has 1 N–H and O–H groups in total. The maximum atomic E-state index is 14.1. The van der Waals surface area contributed by atoms with Crippen LogP contribution in [0.1, 0.15) is 77.6 Å². The Morgan fingerprint density at radius 1 is 0.810 bits per heavy atom. The number of benzene rings is 3. The zero-order chi connectivity index (χ0) is 29.5. The van der Waals surface area contributed by atoms with Crippen LogP contribution in [0.15, 0.2) is 72.8 Å². The molecule has 8 nitrogen and oxygen atoms in total. The molecule has 1 aliphatic heterocycles. The van der Waals surface area contributed by atoms with E-state index in [1.54, 1.807) is 24.3 Å². The van der Waals surface area contributed by atoms with Gasteiger partial charge in [0.1, 0.15) is 6.04 Å². The van der Waals surface area contributed by atoms with Crippen LogP contribution in [0.25, 0.3) is 0 Å². The summed E-state index contributed by atoms with van der Waals surface area (Å²) in [6.45, 7) is 2.85. The lowest BCUT2D eigenvalue weighted by Gasteiger charge is -2.45. The number of esters is 1. The smallest absolute Gasteiger partial charge is 0.329 e. The van der Waals surface area contributed by atoms with E-state index in [2.05, 4.69) is 5.32 Å². The Morgan fingerprint density at radius 3 is 1.76 bits per heavy atom. The highest BCUT2D eigenvalue weighted by atomic mass is 16.5. The fraction of sp³-hybridized carbons (Fsp3) is 0.324. The number of amides is 3. The molecule has 4 aliphatic rings. The summed E-state index contributed by atoms with van der Waals surface area (Å²) in [6.07, 6.45) is 1.62. The highest BCUT2D eigenvalue weighted by Crippen LogP contribution is 2.61. The SMILES string of the molecule is CCCC[C@H](C(=O)OCC(=O)Nc1ccc(C(C)=O)cc1)N1C(=O)[C@@H]2C3c4ccccc4C(c4ccccc43)[C@@H]2C1=O. The molecule has 3 aromatic rings. The Kier molecular flexibility index (Phi) is 7.22. The number of nitrogens with zero attached hydrogens (tertiary/aromatic N) is 1. The summed E-state index contributed by atoms with van der Waals surface area (Å²) in [5, 5.41) is 2.64. The molecule has 0 unspecified atom stereocenters. The van der Waals surface area contributed by atoms with Crippen molar-refractivity contribution in [2.45, 2.75) is 51.0 Å². The first kappa shape index (κ1) is 27.6. The van der Waals surface area contributed by atoms with Crippen molar-refractivity contribution in [3.8, 4) is 0 Å². The number of carbonyl (C=O) groups excluding carboxylic acids is 5. The highest BCUT2D eigenvalue weighted by molar-refractivity contribution is 6.10. The molecule has 3 aliphatic carbocycles. The summed E-state index contributed by atoms with van der Waals surface area (Å²) >= 11 is 0. The van der Waals surface area contributed by atoms with Gasteiger partial charge >= 0.3 is 5.97 Å². The molecule has 3 aromatic carbocycles. The van der Waals surface area contributed by atoms with Crippen molar-refractivity contribution in [1.82, 2.24) is 4.90 Å². The number of ether oxygens (including phenoxy) is 1. The minimum Gasteiger partial charge on any atom is -0.454 e. The van der Waals surface area contributed by atoms with Crippen LogP contribution in [-0.4, -0.2) is 47.0 Å². The van der Waals surface area contributed by atoms with E-state index in [-0.39, 0.29) is 35.9 Å². The van der Waals surface area contributed by atoms with Gasteiger partial charge in [0.25, 0.3) is 5.91 Å². The number of ketones is 1. The zero-order valence-electron chi connectivity index (χ0n) is 23.5. The maximum Gasteiger partial charge on any atom is 0.329 e. The molecule has 0 saturated carbocycles. The van der Waals surface area contributed by atoms with Gasteiger partial charge in [0.2, 0.25) is 11.8 Å². The van der Waals surface area contributed by atoms with Crippen LogP contribution in [0, 0.1) is 11.8 Å². The fourth-order valence-electron chi connectivity index (χ4n) is 6.98. The summed E-state index contributed by atoms with van der Waals surface area (Å²) in [6, 6.07) is 21.2. The molecule has 0 radical (unpaired) electrons. The molecule has 7 rings (SSSR count). The number of imide groups is 1. The molecule has 3 amide bonds. The third-order valence-corrected chi connectivity index (χ3v) is 8.82. The molecular weight excluding hydrogens is 532 g/mol. The van der Waals surface area contributed by atoms with Crippen molar-refractivity contribution in [2.24, 2.45) is 11.8 Å². The number of Topliss-reactive ketones (excluding diaryl/α,β-unsaturated/α-hetero) is 1. The van der Waals surface area contributed by atoms with Gasteiger partial charge in [0.05, 0.1) is 11.8 Å². The first-order chi connectivity index (χ1) is 20.3. The molecule has 8 heteroatoms. The summed E-state index contributed by atoms with van der Waals surface area (Å²) in [5.74, 6) is -3.84. The third-order valence-electron chi connectivity index (χ3n) is 8.82. The number of likely N-dealkylation sites (tertiary alicyclic amines) is 1. The molecule has 2 bridgehead atoms. The van der Waals surface area contributed by atoms with Crippen LogP contribution >= 0.6 is 0 Å². The third kappa shape index (κ3) is 4.51. The lowest BCUT2D eigenvalue weighted by molar-refractivity contribution is -0.160. The van der Waals surface area contributed by atoms with Crippen LogP contribution in [0.4, 0.5) is 5.69 Å². The zero-order valence-corrected chi connectivity index (χ0v) is 23.5. The second-order valence-electron chi connectivity index (χ2n) is 11.3. The molecule has 1 fully saturated rings. The topological polar surface area (TPSA) is 110 Å². The Bertz CT molecular complexity index is 1480.